The number of hydrogen-bond donors (Lipinski definition) is 2. The van der Waals surface area contributed by atoms with Gasteiger partial charge in [-0.3, -0.25) is 9.52 Å². The second-order valence-electron chi connectivity index (χ2n) is 4.16. The minimum atomic E-state index is -3.32. The lowest BCUT2D eigenvalue weighted by Gasteiger charge is -1.98. The van der Waals surface area contributed by atoms with Crippen molar-refractivity contribution in [2.75, 3.05) is 11.0 Å². The first-order valence-electron chi connectivity index (χ1n) is 5.49. The van der Waals surface area contributed by atoms with Crippen molar-refractivity contribution in [2.45, 2.75) is 12.8 Å². The Morgan fingerprint density at radius 3 is 2.84 bits per heavy atom. The Hall–Kier alpha value is -1.67. The number of aromatic nitrogens is 1. The smallest absolute Gasteiger partial charge is 0.231 e. The first kappa shape index (κ1) is 13.8. The second-order valence-corrected chi connectivity index (χ2v) is 6.94. The molecular formula is C11H13N3O3S2. The predicted molar refractivity (Wildman–Crippen MR) is 75.6 cm³/mol. The summed E-state index contributed by atoms with van der Waals surface area (Å²) in [6, 6.07) is 5.55. The summed E-state index contributed by atoms with van der Waals surface area (Å²) in [6.07, 6.45) is 1.94. The first-order valence-corrected chi connectivity index (χ1v) is 8.20. The molecule has 1 heterocycles. The number of hydrogen-bond acceptors (Lipinski definition) is 5. The van der Waals surface area contributed by atoms with Crippen LogP contribution >= 0.6 is 11.3 Å². The van der Waals surface area contributed by atoms with Gasteiger partial charge in [-0.05, 0) is 24.1 Å². The van der Waals surface area contributed by atoms with Crippen molar-refractivity contribution in [1.82, 2.24) is 4.98 Å². The number of nitrogens with two attached hydrogens (primary N) is 1. The van der Waals surface area contributed by atoms with Crippen LogP contribution in [0.4, 0.5) is 5.13 Å². The third kappa shape index (κ3) is 3.90. The van der Waals surface area contributed by atoms with Crippen LogP contribution in [0.15, 0.2) is 18.2 Å². The lowest BCUT2D eigenvalue weighted by Crippen LogP contribution is -2.11. The fraction of sp³-hybridized carbons (Fsp3) is 0.273. The molecule has 0 fully saturated rings. The number of benzene rings is 1. The molecule has 0 bridgehead atoms. The molecule has 0 spiro atoms. The van der Waals surface area contributed by atoms with Crippen LogP contribution in [0.25, 0.3) is 10.2 Å². The molecule has 0 aliphatic rings. The van der Waals surface area contributed by atoms with E-state index in [1.807, 2.05) is 12.1 Å². The van der Waals surface area contributed by atoms with Gasteiger partial charge in [-0.15, -0.1) is 0 Å². The van der Waals surface area contributed by atoms with Gasteiger partial charge < -0.3 is 5.73 Å². The van der Waals surface area contributed by atoms with Gasteiger partial charge in [0, 0.05) is 6.42 Å². The van der Waals surface area contributed by atoms with Gasteiger partial charge in [-0.2, -0.15) is 0 Å². The lowest BCUT2D eigenvalue weighted by molar-refractivity contribution is -0.117. The topological polar surface area (TPSA) is 102 Å². The zero-order chi connectivity index (χ0) is 14.0. The maximum atomic E-state index is 11.1. The number of carbonyl (C=O) groups is 1. The van der Waals surface area contributed by atoms with E-state index >= 15 is 0 Å². The number of aryl methyl sites for hydroxylation is 1. The van der Waals surface area contributed by atoms with Gasteiger partial charge in [0.15, 0.2) is 5.13 Å². The summed E-state index contributed by atoms with van der Waals surface area (Å²) in [7, 11) is -3.32. The van der Waals surface area contributed by atoms with Crippen LogP contribution in [-0.2, 0) is 21.2 Å². The highest BCUT2D eigenvalue weighted by molar-refractivity contribution is 7.92. The van der Waals surface area contributed by atoms with Gasteiger partial charge in [0.1, 0.15) is 0 Å². The highest BCUT2D eigenvalue weighted by Crippen LogP contribution is 2.27. The van der Waals surface area contributed by atoms with Crippen LogP contribution < -0.4 is 10.5 Å². The van der Waals surface area contributed by atoms with Crippen LogP contribution in [-0.4, -0.2) is 25.6 Å². The Labute approximate surface area is 114 Å². The molecule has 102 valence electrons. The van der Waals surface area contributed by atoms with E-state index in [-0.39, 0.29) is 5.91 Å². The third-order valence-electron chi connectivity index (χ3n) is 2.39. The lowest BCUT2D eigenvalue weighted by atomic mass is 10.1. The number of rotatable bonds is 5. The average Bonchev–Trinajstić information content (AvgIpc) is 2.64. The molecule has 2 aromatic rings. The number of sulfonamides is 1. The van der Waals surface area contributed by atoms with Crippen molar-refractivity contribution >= 4 is 42.6 Å². The summed E-state index contributed by atoms with van der Waals surface area (Å²) in [5.74, 6) is -0.344. The molecule has 19 heavy (non-hydrogen) atoms. The molecule has 0 atom stereocenters. The summed E-state index contributed by atoms with van der Waals surface area (Å²) in [5, 5.41) is 0.338. The van der Waals surface area contributed by atoms with Crippen LogP contribution in [0.3, 0.4) is 0 Å². The zero-order valence-electron chi connectivity index (χ0n) is 10.2. The Bertz CT molecular complexity index is 722. The molecule has 0 aliphatic heterocycles. The molecule has 0 unspecified atom stereocenters. The second kappa shape index (κ2) is 5.14. The molecule has 0 radical (unpaired) electrons. The maximum absolute atomic E-state index is 11.1. The Kier molecular flexibility index (Phi) is 3.72. The molecule has 3 N–H and O–H groups in total. The Morgan fingerprint density at radius 1 is 1.47 bits per heavy atom. The number of anilines is 1. The van der Waals surface area contributed by atoms with E-state index in [1.54, 1.807) is 6.07 Å². The molecule has 0 saturated heterocycles. The van der Waals surface area contributed by atoms with Crippen molar-refractivity contribution < 1.29 is 13.2 Å². The van der Waals surface area contributed by atoms with E-state index in [9.17, 15) is 13.2 Å². The van der Waals surface area contributed by atoms with Crippen molar-refractivity contribution in [2.24, 2.45) is 5.73 Å². The number of nitrogens with one attached hydrogen (secondary N) is 1. The molecule has 0 saturated carbocycles. The van der Waals surface area contributed by atoms with Gasteiger partial charge in [-0.1, -0.05) is 17.4 Å². The molecule has 2 rings (SSSR count). The maximum Gasteiger partial charge on any atom is 0.231 e. The quantitative estimate of drug-likeness (QED) is 0.862. The van der Waals surface area contributed by atoms with Gasteiger partial charge >= 0.3 is 0 Å². The first-order chi connectivity index (χ1) is 8.83. The number of thiazole rings is 1. The SMILES string of the molecule is CS(=O)(=O)Nc1nc2ccc(CCC(N)=O)cc2s1. The largest absolute Gasteiger partial charge is 0.370 e. The van der Waals surface area contributed by atoms with Crippen LogP contribution in [0.1, 0.15) is 12.0 Å². The van der Waals surface area contributed by atoms with E-state index < -0.39 is 10.0 Å². The molecule has 1 amide bonds. The molecule has 1 aromatic carbocycles. The van der Waals surface area contributed by atoms with Crippen molar-refractivity contribution in [1.29, 1.82) is 0 Å². The Morgan fingerprint density at radius 2 is 2.21 bits per heavy atom. The summed E-state index contributed by atoms with van der Waals surface area (Å²) in [4.78, 5) is 14.9. The number of amides is 1. The van der Waals surface area contributed by atoms with Crippen LogP contribution in [0.5, 0.6) is 0 Å². The average molecular weight is 299 g/mol. The summed E-state index contributed by atoms with van der Waals surface area (Å²) >= 11 is 1.25. The molecule has 6 nitrogen and oxygen atoms in total. The van der Waals surface area contributed by atoms with E-state index in [4.69, 9.17) is 5.73 Å². The molecule has 1 aromatic heterocycles. The standard InChI is InChI=1S/C11H13N3O3S2/c1-19(16,17)14-11-13-8-4-2-7(3-5-10(12)15)6-9(8)18-11/h2,4,6H,3,5H2,1H3,(H2,12,15)(H,13,14). The molecule has 8 heteroatoms. The van der Waals surface area contributed by atoms with E-state index in [2.05, 4.69) is 9.71 Å². The monoisotopic (exact) mass is 299 g/mol. The van der Waals surface area contributed by atoms with E-state index in [0.717, 1.165) is 22.0 Å². The minimum absolute atomic E-state index is 0.290. The molecular weight excluding hydrogens is 286 g/mol. The summed E-state index contributed by atoms with van der Waals surface area (Å²) in [5.41, 5.74) is 6.80. The number of primary amides is 1. The fourth-order valence-electron chi connectivity index (χ4n) is 1.59. The normalized spacial score (nSPS) is 11.6. The van der Waals surface area contributed by atoms with Gasteiger partial charge in [0.05, 0.1) is 16.5 Å². The molecule has 0 aliphatic carbocycles. The van der Waals surface area contributed by atoms with Gasteiger partial charge in [0.25, 0.3) is 0 Å². The number of fused-ring (bicyclic) bond motifs is 1. The van der Waals surface area contributed by atoms with Crippen molar-refractivity contribution in [3.05, 3.63) is 23.8 Å². The predicted octanol–water partition coefficient (Wildman–Crippen LogP) is 1.09. The van der Waals surface area contributed by atoms with Crippen LogP contribution in [0, 0.1) is 0 Å². The van der Waals surface area contributed by atoms with E-state index in [0.29, 0.717) is 18.0 Å². The number of nitrogens with zero attached hydrogens (tertiary/aromatic N) is 1. The Balaban J connectivity index is 2.25. The third-order valence-corrected chi connectivity index (χ3v) is 4.01. The van der Waals surface area contributed by atoms with Crippen LogP contribution in [0.2, 0.25) is 0 Å². The summed E-state index contributed by atoms with van der Waals surface area (Å²) in [6.45, 7) is 0. The fourth-order valence-corrected chi connectivity index (χ4v) is 3.36. The number of carbonyl (C=O) groups excluding carboxylic acids is 1. The van der Waals surface area contributed by atoms with Crippen molar-refractivity contribution in [3.63, 3.8) is 0 Å². The summed E-state index contributed by atoms with van der Waals surface area (Å²) < 4.78 is 25.5. The van der Waals surface area contributed by atoms with Crippen molar-refractivity contribution in [3.8, 4) is 0 Å². The van der Waals surface area contributed by atoms with Gasteiger partial charge in [-0.25, -0.2) is 13.4 Å². The zero-order valence-corrected chi connectivity index (χ0v) is 11.8. The van der Waals surface area contributed by atoms with Gasteiger partial charge in [0.2, 0.25) is 15.9 Å². The van der Waals surface area contributed by atoms with E-state index in [1.165, 1.54) is 11.3 Å². The minimum Gasteiger partial charge on any atom is -0.370 e. The highest BCUT2D eigenvalue weighted by atomic mass is 32.2. The highest BCUT2D eigenvalue weighted by Gasteiger charge is 2.09.